The van der Waals surface area contributed by atoms with Crippen molar-refractivity contribution in [3.63, 3.8) is 0 Å². The zero-order chi connectivity index (χ0) is 23.7. The van der Waals surface area contributed by atoms with E-state index in [4.69, 9.17) is 5.73 Å². The van der Waals surface area contributed by atoms with Gasteiger partial charge in [0.05, 0.1) is 5.69 Å². The van der Waals surface area contributed by atoms with Crippen LogP contribution in [0.25, 0.3) is 5.69 Å². The summed E-state index contributed by atoms with van der Waals surface area (Å²) < 4.78 is 1.49. The van der Waals surface area contributed by atoms with Gasteiger partial charge in [-0.1, -0.05) is 12.1 Å². The Bertz CT molecular complexity index is 1060. The Morgan fingerprint density at radius 1 is 1.18 bits per heavy atom. The molecule has 9 heteroatoms. The Hall–Kier alpha value is -2.75. The van der Waals surface area contributed by atoms with Crippen molar-refractivity contribution in [2.75, 3.05) is 31.5 Å². The second-order valence-electron chi connectivity index (χ2n) is 10.3. The number of hydrogen-bond acceptors (Lipinski definition) is 6. The second-order valence-corrected chi connectivity index (χ2v) is 10.3. The number of urea groups is 1. The molecule has 2 heterocycles. The van der Waals surface area contributed by atoms with Gasteiger partial charge in [0.15, 0.2) is 0 Å². The van der Waals surface area contributed by atoms with E-state index in [1.807, 2.05) is 12.1 Å². The number of carbonyl (C=O) groups excluding carboxylic acids is 1. The van der Waals surface area contributed by atoms with Crippen molar-refractivity contribution < 1.29 is 4.79 Å². The van der Waals surface area contributed by atoms with Crippen molar-refractivity contribution >= 4 is 11.8 Å². The Balaban J connectivity index is 1.14. The highest BCUT2D eigenvalue weighted by Gasteiger charge is 2.51. The van der Waals surface area contributed by atoms with Crippen LogP contribution in [0.4, 0.5) is 10.6 Å². The molecule has 34 heavy (non-hydrogen) atoms. The van der Waals surface area contributed by atoms with E-state index in [1.165, 1.54) is 35.8 Å². The number of nitrogens with one attached hydrogen (secondary N) is 3. The van der Waals surface area contributed by atoms with E-state index in [-0.39, 0.29) is 11.8 Å². The number of nitrogens with zero attached hydrogens (tertiary/aromatic N) is 3. The fraction of sp³-hybridized carbons (Fsp3) is 0.560. The maximum absolute atomic E-state index is 12.6. The largest absolute Gasteiger partial charge is 0.354 e. The fourth-order valence-corrected chi connectivity index (χ4v) is 5.82. The van der Waals surface area contributed by atoms with Crippen molar-refractivity contribution in [1.82, 2.24) is 25.1 Å². The van der Waals surface area contributed by atoms with Crippen LogP contribution in [0.1, 0.15) is 38.2 Å². The number of piperazine rings is 1. The normalized spacial score (nSPS) is 27.1. The summed E-state index contributed by atoms with van der Waals surface area (Å²) in [6.45, 7) is 5.04. The number of carbonyl (C=O) groups is 1. The zero-order valence-corrected chi connectivity index (χ0v) is 19.8. The number of amides is 2. The molecule has 1 atom stereocenters. The van der Waals surface area contributed by atoms with Gasteiger partial charge in [-0.25, -0.2) is 9.59 Å². The Labute approximate surface area is 200 Å². The first kappa shape index (κ1) is 23.0. The Kier molecular flexibility index (Phi) is 6.42. The van der Waals surface area contributed by atoms with Gasteiger partial charge in [0, 0.05) is 50.5 Å². The van der Waals surface area contributed by atoms with E-state index in [9.17, 15) is 9.59 Å². The third-order valence-electron chi connectivity index (χ3n) is 7.47. The average Bonchev–Trinajstić information content (AvgIpc) is 2.78. The molecule has 1 aliphatic heterocycles. The SMILES string of the molecule is CC(Cc1ccc(-n2ccc(NC(=O)N3CCNCC3)nc2=O)cc1)NC1CC2(CC(N)C2)C1. The molecule has 3 aliphatic rings. The number of benzene rings is 1. The Morgan fingerprint density at radius 2 is 1.88 bits per heavy atom. The number of hydrogen-bond donors (Lipinski definition) is 4. The molecular formula is C25H35N7O2. The van der Waals surface area contributed by atoms with Gasteiger partial charge in [-0.3, -0.25) is 9.88 Å². The molecule has 2 aromatic rings. The maximum Gasteiger partial charge on any atom is 0.354 e. The lowest BCUT2D eigenvalue weighted by Crippen LogP contribution is -2.60. The highest BCUT2D eigenvalue weighted by atomic mass is 16.2. The molecule has 1 aromatic heterocycles. The van der Waals surface area contributed by atoms with Crippen LogP contribution >= 0.6 is 0 Å². The van der Waals surface area contributed by atoms with Gasteiger partial charge in [0.25, 0.3) is 0 Å². The van der Waals surface area contributed by atoms with E-state index in [0.29, 0.717) is 36.6 Å². The van der Waals surface area contributed by atoms with Gasteiger partial charge < -0.3 is 21.3 Å². The summed E-state index contributed by atoms with van der Waals surface area (Å²) in [4.78, 5) is 30.7. The number of aromatic nitrogens is 2. The monoisotopic (exact) mass is 465 g/mol. The average molecular weight is 466 g/mol. The number of rotatable bonds is 6. The molecule has 1 spiro atoms. The van der Waals surface area contributed by atoms with Gasteiger partial charge >= 0.3 is 11.7 Å². The lowest BCUT2D eigenvalue weighted by atomic mass is 9.52. The molecule has 2 amide bonds. The van der Waals surface area contributed by atoms with Crippen molar-refractivity contribution in [2.45, 2.75) is 57.2 Å². The van der Waals surface area contributed by atoms with E-state index in [1.54, 1.807) is 17.2 Å². The van der Waals surface area contributed by atoms with E-state index >= 15 is 0 Å². The lowest BCUT2D eigenvalue weighted by molar-refractivity contribution is -0.0208. The second kappa shape index (κ2) is 9.48. The number of anilines is 1. The van der Waals surface area contributed by atoms with Gasteiger partial charge in [-0.2, -0.15) is 4.98 Å². The van der Waals surface area contributed by atoms with Crippen LogP contribution in [0.5, 0.6) is 0 Å². The minimum Gasteiger partial charge on any atom is -0.328 e. The quantitative estimate of drug-likeness (QED) is 0.513. The molecule has 9 nitrogen and oxygen atoms in total. The van der Waals surface area contributed by atoms with Crippen molar-refractivity contribution in [2.24, 2.45) is 11.1 Å². The highest BCUT2D eigenvalue weighted by Crippen LogP contribution is 2.55. The molecule has 5 rings (SSSR count). The molecule has 3 fully saturated rings. The molecule has 2 aliphatic carbocycles. The molecular weight excluding hydrogens is 430 g/mol. The standard InChI is InChI=1S/C25H35N7O2/c1-17(28-20-15-25(16-20)13-19(26)14-25)12-18-2-4-21(5-3-18)32-9-6-22(30-24(32)34)29-23(33)31-10-7-27-8-11-31/h2-6,9,17,19-20,27-28H,7-8,10-16,26H2,1H3,(H,29,30,33,34). The summed E-state index contributed by atoms with van der Waals surface area (Å²) in [6.07, 6.45) is 7.49. The molecule has 182 valence electrons. The first-order valence-electron chi connectivity index (χ1n) is 12.4. The first-order valence-corrected chi connectivity index (χ1v) is 12.4. The van der Waals surface area contributed by atoms with Gasteiger partial charge in [-0.15, -0.1) is 0 Å². The van der Waals surface area contributed by atoms with Crippen LogP contribution in [0.15, 0.2) is 41.3 Å². The van der Waals surface area contributed by atoms with Gasteiger partial charge in [0.1, 0.15) is 5.82 Å². The highest BCUT2D eigenvalue weighted by molar-refractivity contribution is 5.88. The van der Waals surface area contributed by atoms with Crippen LogP contribution in [0, 0.1) is 5.41 Å². The maximum atomic E-state index is 12.6. The smallest absolute Gasteiger partial charge is 0.328 e. The number of nitrogens with two attached hydrogens (primary N) is 1. The third-order valence-corrected chi connectivity index (χ3v) is 7.47. The summed E-state index contributed by atoms with van der Waals surface area (Å²) in [5.41, 5.74) is 8.07. The van der Waals surface area contributed by atoms with Gasteiger partial charge in [-0.05, 0) is 68.2 Å². The Morgan fingerprint density at radius 3 is 2.53 bits per heavy atom. The predicted octanol–water partition coefficient (Wildman–Crippen LogP) is 1.46. The summed E-state index contributed by atoms with van der Waals surface area (Å²) in [5.74, 6) is 0.267. The minimum absolute atomic E-state index is 0.230. The van der Waals surface area contributed by atoms with Crippen LogP contribution in [-0.2, 0) is 6.42 Å². The summed E-state index contributed by atoms with van der Waals surface area (Å²) in [7, 11) is 0. The van der Waals surface area contributed by atoms with Crippen LogP contribution in [-0.4, -0.2) is 64.8 Å². The molecule has 0 bridgehead atoms. The van der Waals surface area contributed by atoms with Crippen molar-refractivity contribution in [3.05, 3.63) is 52.6 Å². The predicted molar refractivity (Wildman–Crippen MR) is 132 cm³/mol. The molecule has 1 aromatic carbocycles. The topological polar surface area (TPSA) is 117 Å². The van der Waals surface area contributed by atoms with Crippen molar-refractivity contribution in [1.29, 1.82) is 0 Å². The molecule has 2 saturated carbocycles. The van der Waals surface area contributed by atoms with Crippen molar-refractivity contribution in [3.8, 4) is 5.69 Å². The zero-order valence-electron chi connectivity index (χ0n) is 19.8. The molecule has 1 unspecified atom stereocenters. The third kappa shape index (κ3) is 5.01. The molecule has 5 N–H and O–H groups in total. The minimum atomic E-state index is -0.421. The lowest BCUT2D eigenvalue weighted by Gasteiger charge is -2.57. The van der Waals surface area contributed by atoms with Gasteiger partial charge in [0.2, 0.25) is 0 Å². The summed E-state index contributed by atoms with van der Waals surface area (Å²) >= 11 is 0. The van der Waals surface area contributed by atoms with Crippen LogP contribution < -0.4 is 27.4 Å². The van der Waals surface area contributed by atoms with E-state index < -0.39 is 5.69 Å². The molecule has 1 saturated heterocycles. The van der Waals surface area contributed by atoms with Crippen LogP contribution in [0.2, 0.25) is 0 Å². The van der Waals surface area contributed by atoms with E-state index in [2.05, 4.69) is 40.0 Å². The first-order chi connectivity index (χ1) is 16.4. The van der Waals surface area contributed by atoms with E-state index in [0.717, 1.165) is 25.2 Å². The summed E-state index contributed by atoms with van der Waals surface area (Å²) in [6, 6.07) is 10.9. The van der Waals surface area contributed by atoms with Crippen LogP contribution in [0.3, 0.4) is 0 Å². The summed E-state index contributed by atoms with van der Waals surface area (Å²) in [5, 5.41) is 9.69. The molecule has 0 radical (unpaired) electrons. The fourth-order valence-electron chi connectivity index (χ4n) is 5.82.